The number of rotatable bonds is 5. The Labute approximate surface area is 83.1 Å². The molecule has 72 valence electrons. The van der Waals surface area contributed by atoms with Crippen molar-refractivity contribution in [2.75, 3.05) is 29.6 Å². The van der Waals surface area contributed by atoms with Gasteiger partial charge in [0.05, 0.1) is 17.6 Å². The van der Waals surface area contributed by atoms with Gasteiger partial charge in [0, 0.05) is 12.7 Å². The van der Waals surface area contributed by atoms with E-state index < -0.39 is 0 Å². The molecular formula is C9H15N3S. The van der Waals surface area contributed by atoms with Crippen LogP contribution in [0.15, 0.2) is 18.5 Å². The number of nitrogens with two attached hydrogens (primary N) is 1. The third kappa shape index (κ3) is 3.55. The van der Waals surface area contributed by atoms with Crippen LogP contribution in [0.3, 0.4) is 0 Å². The van der Waals surface area contributed by atoms with Crippen LogP contribution >= 0.6 is 11.8 Å². The Morgan fingerprint density at radius 1 is 1.62 bits per heavy atom. The third-order valence-electron chi connectivity index (χ3n) is 1.69. The van der Waals surface area contributed by atoms with Crippen molar-refractivity contribution in [3.05, 3.63) is 18.5 Å². The number of nitrogens with one attached hydrogen (secondary N) is 1. The maximum Gasteiger partial charge on any atom is 0.0736 e. The van der Waals surface area contributed by atoms with Crippen molar-refractivity contribution < 1.29 is 0 Å². The van der Waals surface area contributed by atoms with Gasteiger partial charge in [-0.1, -0.05) is 0 Å². The zero-order valence-electron chi connectivity index (χ0n) is 7.79. The van der Waals surface area contributed by atoms with Gasteiger partial charge in [0.2, 0.25) is 0 Å². The molecule has 0 amide bonds. The van der Waals surface area contributed by atoms with Crippen molar-refractivity contribution in [1.29, 1.82) is 0 Å². The highest BCUT2D eigenvalue weighted by atomic mass is 32.2. The first-order chi connectivity index (χ1) is 6.34. The maximum absolute atomic E-state index is 5.71. The van der Waals surface area contributed by atoms with Gasteiger partial charge in [0.25, 0.3) is 0 Å². The molecule has 1 aromatic rings. The third-order valence-corrected chi connectivity index (χ3v) is 2.39. The van der Waals surface area contributed by atoms with E-state index >= 15 is 0 Å². The topological polar surface area (TPSA) is 50.9 Å². The quantitative estimate of drug-likeness (QED) is 0.707. The Bertz CT molecular complexity index is 252. The number of hydrogen-bond donors (Lipinski definition) is 2. The fraction of sp³-hybridized carbons (Fsp3) is 0.444. The van der Waals surface area contributed by atoms with E-state index in [-0.39, 0.29) is 0 Å². The molecule has 0 fully saturated rings. The highest BCUT2D eigenvalue weighted by molar-refractivity contribution is 7.98. The maximum atomic E-state index is 5.71. The van der Waals surface area contributed by atoms with E-state index in [0.29, 0.717) is 5.69 Å². The van der Waals surface area contributed by atoms with Crippen molar-refractivity contribution >= 4 is 23.1 Å². The number of pyridine rings is 1. The van der Waals surface area contributed by atoms with Gasteiger partial charge < -0.3 is 11.1 Å². The largest absolute Gasteiger partial charge is 0.396 e. The zero-order valence-corrected chi connectivity index (χ0v) is 8.60. The van der Waals surface area contributed by atoms with E-state index in [1.54, 1.807) is 12.4 Å². The Morgan fingerprint density at radius 3 is 3.15 bits per heavy atom. The fourth-order valence-corrected chi connectivity index (χ4v) is 1.44. The first-order valence-electron chi connectivity index (χ1n) is 4.27. The minimum Gasteiger partial charge on any atom is -0.396 e. The SMILES string of the molecule is CSCCCNc1ccncc1N. The lowest BCUT2D eigenvalue weighted by Gasteiger charge is -2.07. The number of aromatic nitrogens is 1. The zero-order chi connectivity index (χ0) is 9.52. The van der Waals surface area contributed by atoms with Crippen LogP contribution in [0.4, 0.5) is 11.4 Å². The minimum absolute atomic E-state index is 0.714. The Hall–Kier alpha value is -0.900. The second-order valence-electron chi connectivity index (χ2n) is 2.74. The van der Waals surface area contributed by atoms with Crippen molar-refractivity contribution in [2.24, 2.45) is 0 Å². The van der Waals surface area contributed by atoms with Crippen LogP contribution in [0, 0.1) is 0 Å². The number of hydrogen-bond acceptors (Lipinski definition) is 4. The van der Waals surface area contributed by atoms with Crippen molar-refractivity contribution in [3.8, 4) is 0 Å². The van der Waals surface area contributed by atoms with E-state index in [9.17, 15) is 0 Å². The van der Waals surface area contributed by atoms with Crippen molar-refractivity contribution in [1.82, 2.24) is 4.98 Å². The van der Waals surface area contributed by atoms with Crippen LogP contribution in [-0.2, 0) is 0 Å². The monoisotopic (exact) mass is 197 g/mol. The van der Waals surface area contributed by atoms with Crippen LogP contribution in [0.25, 0.3) is 0 Å². The molecule has 0 saturated carbocycles. The summed E-state index contributed by atoms with van der Waals surface area (Å²) in [6, 6.07) is 1.90. The van der Waals surface area contributed by atoms with Crippen molar-refractivity contribution in [2.45, 2.75) is 6.42 Å². The fourth-order valence-electron chi connectivity index (χ4n) is 1.01. The molecule has 0 bridgehead atoms. The molecular weight excluding hydrogens is 182 g/mol. The van der Waals surface area contributed by atoms with Crippen LogP contribution < -0.4 is 11.1 Å². The lowest BCUT2D eigenvalue weighted by Crippen LogP contribution is -2.05. The molecule has 13 heavy (non-hydrogen) atoms. The van der Waals surface area contributed by atoms with Crippen molar-refractivity contribution in [3.63, 3.8) is 0 Å². The highest BCUT2D eigenvalue weighted by Crippen LogP contribution is 2.14. The summed E-state index contributed by atoms with van der Waals surface area (Å²) in [6.45, 7) is 0.967. The lowest BCUT2D eigenvalue weighted by atomic mass is 10.3. The molecule has 0 aromatic carbocycles. The number of thioether (sulfide) groups is 1. The molecule has 0 aliphatic heterocycles. The highest BCUT2D eigenvalue weighted by Gasteiger charge is 1.95. The average molecular weight is 197 g/mol. The molecule has 0 atom stereocenters. The normalized spacial score (nSPS) is 9.92. The predicted molar refractivity (Wildman–Crippen MR) is 60.1 cm³/mol. The molecule has 0 spiro atoms. The van der Waals surface area contributed by atoms with Crippen LogP contribution in [0.5, 0.6) is 0 Å². The smallest absolute Gasteiger partial charge is 0.0736 e. The van der Waals surface area contributed by atoms with E-state index in [0.717, 1.165) is 18.7 Å². The summed E-state index contributed by atoms with van der Waals surface area (Å²) in [4.78, 5) is 3.92. The molecule has 3 nitrogen and oxygen atoms in total. The number of anilines is 2. The van der Waals surface area contributed by atoms with Crippen LogP contribution in [0.2, 0.25) is 0 Å². The lowest BCUT2D eigenvalue weighted by molar-refractivity contribution is 0.993. The van der Waals surface area contributed by atoms with Gasteiger partial charge in [-0.3, -0.25) is 4.98 Å². The minimum atomic E-state index is 0.714. The molecule has 3 N–H and O–H groups in total. The summed E-state index contributed by atoms with van der Waals surface area (Å²) in [7, 11) is 0. The summed E-state index contributed by atoms with van der Waals surface area (Å²) in [5.41, 5.74) is 7.40. The molecule has 1 rings (SSSR count). The van der Waals surface area contributed by atoms with Gasteiger partial charge >= 0.3 is 0 Å². The predicted octanol–water partition coefficient (Wildman–Crippen LogP) is 1.83. The first-order valence-corrected chi connectivity index (χ1v) is 5.66. The second kappa shape index (κ2) is 5.70. The first kappa shape index (κ1) is 10.2. The van der Waals surface area contributed by atoms with Gasteiger partial charge in [0.15, 0.2) is 0 Å². The van der Waals surface area contributed by atoms with Gasteiger partial charge in [-0.2, -0.15) is 11.8 Å². The molecule has 1 aromatic heterocycles. The Kier molecular flexibility index (Phi) is 4.46. The van der Waals surface area contributed by atoms with E-state index in [1.165, 1.54) is 5.75 Å². The molecule has 0 aliphatic carbocycles. The van der Waals surface area contributed by atoms with Gasteiger partial charge in [-0.05, 0) is 24.5 Å². The Morgan fingerprint density at radius 2 is 2.46 bits per heavy atom. The standard InChI is InChI=1S/C9H15N3S/c1-13-6-2-4-12-9-3-5-11-7-8(9)10/h3,5,7H,2,4,6,10H2,1H3,(H,11,12). The summed E-state index contributed by atoms with van der Waals surface area (Å²) in [5.74, 6) is 1.18. The van der Waals surface area contributed by atoms with Gasteiger partial charge in [-0.25, -0.2) is 0 Å². The summed E-state index contributed by atoms with van der Waals surface area (Å²) in [5, 5.41) is 3.27. The molecule has 1 heterocycles. The molecule has 0 saturated heterocycles. The molecule has 0 aliphatic rings. The molecule has 0 unspecified atom stereocenters. The number of nitrogen functional groups attached to an aromatic ring is 1. The summed E-state index contributed by atoms with van der Waals surface area (Å²) in [6.07, 6.45) is 6.67. The molecule has 0 radical (unpaired) electrons. The van der Waals surface area contributed by atoms with Gasteiger partial charge in [-0.15, -0.1) is 0 Å². The van der Waals surface area contributed by atoms with Crippen LogP contribution in [-0.4, -0.2) is 23.5 Å². The van der Waals surface area contributed by atoms with Gasteiger partial charge in [0.1, 0.15) is 0 Å². The number of nitrogens with zero attached hydrogens (tertiary/aromatic N) is 1. The van der Waals surface area contributed by atoms with Crippen LogP contribution in [0.1, 0.15) is 6.42 Å². The molecule has 4 heteroatoms. The summed E-state index contributed by atoms with van der Waals surface area (Å²) < 4.78 is 0. The second-order valence-corrected chi connectivity index (χ2v) is 3.72. The van der Waals surface area contributed by atoms with E-state index in [4.69, 9.17) is 5.73 Å². The van der Waals surface area contributed by atoms with E-state index in [1.807, 2.05) is 17.8 Å². The average Bonchev–Trinajstić information content (AvgIpc) is 2.15. The van der Waals surface area contributed by atoms with E-state index in [2.05, 4.69) is 16.6 Å². The Balaban J connectivity index is 2.32. The summed E-state index contributed by atoms with van der Waals surface area (Å²) >= 11 is 1.86.